The Bertz CT molecular complexity index is 1880. The van der Waals surface area contributed by atoms with Gasteiger partial charge in [-0.3, -0.25) is 14.0 Å². The van der Waals surface area contributed by atoms with Crippen LogP contribution in [0.5, 0.6) is 5.75 Å². The third kappa shape index (κ3) is 6.19. The number of ether oxygens (including phenoxy) is 1. The molecule has 0 aliphatic carbocycles. The first-order valence-corrected chi connectivity index (χ1v) is 15.4. The van der Waals surface area contributed by atoms with Gasteiger partial charge in [0.1, 0.15) is 11.7 Å². The van der Waals surface area contributed by atoms with Crippen LogP contribution >= 0.6 is 0 Å². The number of carbonyl (C=O) groups is 2. The second-order valence-electron chi connectivity index (χ2n) is 11.8. The summed E-state index contributed by atoms with van der Waals surface area (Å²) in [5.41, 5.74) is 1.14. The predicted octanol–water partition coefficient (Wildman–Crippen LogP) is 3.42. The SMILES string of the molecule is Cc1cc(Nc2nccn3c(-c4ccc(OC(C)C#N)c(F)c4F)cnc23)ccc1C(=O)N1CCN(C(=O)C2(O)CCNCC2)CC1. The number of rotatable bonds is 7. The van der Waals surface area contributed by atoms with Gasteiger partial charge in [0.05, 0.1) is 11.9 Å². The number of anilines is 2. The molecule has 14 heteroatoms. The molecule has 2 saturated heterocycles. The fraction of sp³-hybridized carbons (Fsp3) is 0.364. The maximum Gasteiger partial charge on any atom is 0.254 e. The first-order valence-electron chi connectivity index (χ1n) is 15.4. The van der Waals surface area contributed by atoms with Gasteiger partial charge in [-0.1, -0.05) is 0 Å². The van der Waals surface area contributed by atoms with Gasteiger partial charge in [0.2, 0.25) is 5.82 Å². The molecule has 47 heavy (non-hydrogen) atoms. The van der Waals surface area contributed by atoms with Crippen molar-refractivity contribution in [3.05, 3.63) is 71.7 Å². The highest BCUT2D eigenvalue weighted by Crippen LogP contribution is 2.32. The van der Waals surface area contributed by atoms with Crippen LogP contribution < -0.4 is 15.4 Å². The molecule has 0 spiro atoms. The third-order valence-electron chi connectivity index (χ3n) is 8.64. The van der Waals surface area contributed by atoms with Gasteiger partial charge in [-0.15, -0.1) is 0 Å². The number of aromatic nitrogens is 3. The van der Waals surface area contributed by atoms with Gasteiger partial charge in [0.25, 0.3) is 11.8 Å². The molecule has 6 rings (SSSR count). The summed E-state index contributed by atoms with van der Waals surface area (Å²) in [6.07, 6.45) is 4.29. The molecule has 2 aliphatic heterocycles. The summed E-state index contributed by atoms with van der Waals surface area (Å²) in [4.78, 5) is 38.5. The second-order valence-corrected chi connectivity index (χ2v) is 11.8. The number of fused-ring (bicyclic) bond motifs is 1. The molecule has 12 nitrogen and oxygen atoms in total. The number of nitrogens with one attached hydrogen (secondary N) is 2. The molecular weight excluding hydrogens is 610 g/mol. The van der Waals surface area contributed by atoms with Crippen molar-refractivity contribution in [2.75, 3.05) is 44.6 Å². The third-order valence-corrected chi connectivity index (χ3v) is 8.64. The maximum atomic E-state index is 15.1. The zero-order valence-electron chi connectivity index (χ0n) is 26.0. The van der Waals surface area contributed by atoms with Crippen molar-refractivity contribution in [2.24, 2.45) is 0 Å². The minimum atomic E-state index is -1.35. The highest BCUT2D eigenvalue weighted by Gasteiger charge is 2.41. The van der Waals surface area contributed by atoms with E-state index in [0.717, 1.165) is 5.56 Å². The standard InChI is InChI=1S/C33H34F2N8O4/c1-20-17-22(3-4-23(20)31(44)41-13-15-42(16-14-41)32(45)33(46)7-9-37-10-8-33)40-29-30-39-19-25(43(30)12-11-38-29)24-5-6-26(28(35)27(24)34)47-21(2)18-36/h3-6,11-12,17,19,21,37,46H,7-10,13-16H2,1-2H3,(H,38,40). The van der Waals surface area contributed by atoms with Crippen LogP contribution in [0.2, 0.25) is 0 Å². The number of aryl methyl sites for hydroxylation is 1. The zero-order chi connectivity index (χ0) is 33.3. The lowest BCUT2D eigenvalue weighted by molar-refractivity contribution is -0.155. The van der Waals surface area contributed by atoms with Crippen molar-refractivity contribution in [1.29, 1.82) is 5.26 Å². The molecule has 2 fully saturated rings. The van der Waals surface area contributed by atoms with Gasteiger partial charge in [0, 0.05) is 55.4 Å². The first kappa shape index (κ1) is 31.8. The molecule has 0 radical (unpaired) electrons. The minimum Gasteiger partial charge on any atom is -0.473 e. The van der Waals surface area contributed by atoms with Crippen LogP contribution in [0.25, 0.3) is 16.9 Å². The highest BCUT2D eigenvalue weighted by atomic mass is 19.2. The number of amides is 2. The van der Waals surface area contributed by atoms with Crippen LogP contribution in [0.1, 0.15) is 35.7 Å². The summed E-state index contributed by atoms with van der Waals surface area (Å²) >= 11 is 0. The predicted molar refractivity (Wildman–Crippen MR) is 168 cm³/mol. The van der Waals surface area contributed by atoms with Crippen molar-refractivity contribution in [1.82, 2.24) is 29.5 Å². The molecule has 244 valence electrons. The number of hydrogen-bond acceptors (Lipinski definition) is 9. The second kappa shape index (κ2) is 12.9. The number of nitriles is 1. The summed E-state index contributed by atoms with van der Waals surface area (Å²) in [6.45, 7) is 5.89. The molecule has 0 saturated carbocycles. The summed E-state index contributed by atoms with van der Waals surface area (Å²) in [6, 6.07) is 9.73. The highest BCUT2D eigenvalue weighted by molar-refractivity contribution is 5.96. The molecule has 2 aliphatic rings. The van der Waals surface area contributed by atoms with Crippen molar-refractivity contribution in [3.63, 3.8) is 0 Å². The maximum absolute atomic E-state index is 15.1. The number of hydrogen-bond donors (Lipinski definition) is 3. The van der Waals surface area contributed by atoms with Gasteiger partial charge >= 0.3 is 0 Å². The van der Waals surface area contributed by atoms with E-state index in [9.17, 15) is 19.1 Å². The van der Waals surface area contributed by atoms with Crippen LogP contribution in [-0.4, -0.2) is 92.1 Å². The lowest BCUT2D eigenvalue weighted by Crippen LogP contribution is -2.59. The lowest BCUT2D eigenvalue weighted by Gasteiger charge is -2.40. The number of benzene rings is 2. The molecule has 2 aromatic heterocycles. The monoisotopic (exact) mass is 644 g/mol. The number of nitrogens with zero attached hydrogens (tertiary/aromatic N) is 6. The van der Waals surface area contributed by atoms with Crippen molar-refractivity contribution >= 4 is 29.0 Å². The average Bonchev–Trinajstić information content (AvgIpc) is 3.51. The number of piperidine rings is 1. The number of carbonyl (C=O) groups excluding carboxylic acids is 2. The van der Waals surface area contributed by atoms with Crippen LogP contribution in [-0.2, 0) is 4.79 Å². The van der Waals surface area contributed by atoms with Crippen LogP contribution in [0.3, 0.4) is 0 Å². The molecular formula is C33H34F2N8O4. The van der Waals surface area contributed by atoms with Crippen molar-refractivity contribution in [2.45, 2.75) is 38.4 Å². The van der Waals surface area contributed by atoms with Gasteiger partial charge in [-0.25, -0.2) is 14.4 Å². The van der Waals surface area contributed by atoms with Crippen LogP contribution in [0, 0.1) is 29.9 Å². The molecule has 2 aromatic carbocycles. The van der Waals surface area contributed by atoms with Crippen LogP contribution in [0.15, 0.2) is 48.9 Å². The van der Waals surface area contributed by atoms with E-state index in [1.165, 1.54) is 31.5 Å². The molecule has 4 aromatic rings. The van der Waals surface area contributed by atoms with E-state index in [0.29, 0.717) is 74.8 Å². The molecule has 0 bridgehead atoms. The largest absolute Gasteiger partial charge is 0.473 e. The summed E-state index contributed by atoms with van der Waals surface area (Å²) in [5, 5.41) is 26.1. The Balaban J connectivity index is 1.15. The normalized spacial score (nSPS) is 16.9. The number of piperazine rings is 1. The van der Waals surface area contributed by atoms with E-state index in [4.69, 9.17) is 10.00 Å². The smallest absolute Gasteiger partial charge is 0.254 e. The topological polar surface area (TPSA) is 148 Å². The fourth-order valence-corrected chi connectivity index (χ4v) is 5.99. The van der Waals surface area contributed by atoms with Crippen molar-refractivity contribution < 1.29 is 28.2 Å². The van der Waals surface area contributed by atoms with E-state index in [1.54, 1.807) is 32.5 Å². The minimum absolute atomic E-state index is 0.0461. The van der Waals surface area contributed by atoms with E-state index in [2.05, 4.69) is 20.6 Å². The molecule has 3 N–H and O–H groups in total. The lowest BCUT2D eigenvalue weighted by atomic mass is 9.90. The van der Waals surface area contributed by atoms with E-state index in [1.807, 2.05) is 19.1 Å². The molecule has 1 atom stereocenters. The van der Waals surface area contributed by atoms with Crippen LogP contribution in [0.4, 0.5) is 20.3 Å². The Morgan fingerprint density at radius 2 is 1.81 bits per heavy atom. The van der Waals surface area contributed by atoms with Gasteiger partial charge in [-0.2, -0.15) is 9.65 Å². The summed E-state index contributed by atoms with van der Waals surface area (Å²) in [7, 11) is 0. The Morgan fingerprint density at radius 1 is 1.09 bits per heavy atom. The molecule has 4 heterocycles. The molecule has 1 unspecified atom stereocenters. The van der Waals surface area contributed by atoms with E-state index in [-0.39, 0.29) is 28.8 Å². The Labute approximate surface area is 269 Å². The van der Waals surface area contributed by atoms with E-state index < -0.39 is 23.3 Å². The van der Waals surface area contributed by atoms with Gasteiger partial charge < -0.3 is 30.3 Å². The Hall–Kier alpha value is -5.13. The summed E-state index contributed by atoms with van der Waals surface area (Å²) < 4.78 is 36.6. The van der Waals surface area contributed by atoms with Crippen molar-refractivity contribution in [3.8, 4) is 23.1 Å². The Kier molecular flexibility index (Phi) is 8.76. The van der Waals surface area contributed by atoms with Gasteiger partial charge in [-0.05, 0) is 75.7 Å². The number of aliphatic hydroxyl groups is 1. The van der Waals surface area contributed by atoms with Gasteiger partial charge in [0.15, 0.2) is 29.1 Å². The number of imidazole rings is 1. The quantitative estimate of drug-likeness (QED) is 0.275. The molecule has 2 amide bonds. The fourth-order valence-electron chi connectivity index (χ4n) is 5.99. The Morgan fingerprint density at radius 3 is 2.51 bits per heavy atom. The zero-order valence-corrected chi connectivity index (χ0v) is 26.0. The first-order chi connectivity index (χ1) is 22.6. The average molecular weight is 645 g/mol. The summed E-state index contributed by atoms with van der Waals surface area (Å²) in [5.74, 6) is -2.76. The van der Waals surface area contributed by atoms with E-state index >= 15 is 4.39 Å². The number of halogens is 2.